The van der Waals surface area contributed by atoms with Crippen molar-refractivity contribution in [3.8, 4) is 0 Å². The molecule has 16 heavy (non-hydrogen) atoms. The maximum atomic E-state index is 12.6. The van der Waals surface area contributed by atoms with Crippen LogP contribution in [0.5, 0.6) is 0 Å². The van der Waals surface area contributed by atoms with Crippen molar-refractivity contribution in [3.05, 3.63) is 17.0 Å². The van der Waals surface area contributed by atoms with Crippen LogP contribution in [-0.2, 0) is 0 Å². The average Bonchev–Trinajstić information content (AvgIpc) is 2.12. The number of carbonyl (C=O) groups excluding carboxylic acids is 1. The molecule has 1 aliphatic rings. The summed E-state index contributed by atoms with van der Waals surface area (Å²) in [6.45, 7) is -0.892. The van der Waals surface area contributed by atoms with Crippen LogP contribution in [0.1, 0.15) is 10.5 Å². The molecule has 8 heteroatoms. The normalized spacial score (nSPS) is 18.1. The first kappa shape index (κ1) is 11.0. The molecule has 1 fully saturated rings. The number of rotatable bonds is 2. The number of amides is 1. The maximum Gasteiger partial charge on any atom is 0.282 e. The highest BCUT2D eigenvalue weighted by Crippen LogP contribution is 2.31. The second-order valence-corrected chi connectivity index (χ2v) is 3.79. The van der Waals surface area contributed by atoms with E-state index in [2.05, 4.69) is 9.97 Å². The molecule has 0 aliphatic carbocycles. The lowest BCUT2D eigenvalue weighted by Crippen LogP contribution is -2.56. The van der Waals surface area contributed by atoms with Gasteiger partial charge in [0.15, 0.2) is 0 Å². The Kier molecular flexibility index (Phi) is 2.42. The first-order valence-electron chi connectivity index (χ1n) is 4.34. The minimum absolute atomic E-state index is 0.0924. The Bertz CT molecular complexity index is 446. The van der Waals surface area contributed by atoms with Gasteiger partial charge in [-0.3, -0.25) is 4.79 Å². The van der Waals surface area contributed by atoms with Crippen molar-refractivity contribution >= 4 is 23.3 Å². The zero-order chi connectivity index (χ0) is 11.9. The number of anilines is 1. The molecule has 1 aromatic heterocycles. The summed E-state index contributed by atoms with van der Waals surface area (Å²) < 4.78 is 25.2. The fourth-order valence-corrected chi connectivity index (χ4v) is 1.55. The van der Waals surface area contributed by atoms with Crippen molar-refractivity contribution in [2.45, 2.75) is 5.92 Å². The molecular weight excluding hydrogens is 242 g/mol. The van der Waals surface area contributed by atoms with Crippen molar-refractivity contribution in [1.82, 2.24) is 9.97 Å². The highest BCUT2D eigenvalue weighted by atomic mass is 35.5. The molecule has 2 N–H and O–H groups in total. The summed E-state index contributed by atoms with van der Waals surface area (Å²) in [6.07, 6.45) is 0. The molecule has 5 nitrogen and oxygen atoms in total. The van der Waals surface area contributed by atoms with E-state index in [-0.39, 0.29) is 16.8 Å². The third kappa shape index (κ3) is 2.04. The number of nitrogens with zero attached hydrogens (tertiary/aromatic N) is 3. The molecule has 0 atom stereocenters. The van der Waals surface area contributed by atoms with Crippen LogP contribution in [0.25, 0.3) is 0 Å². The standard InChI is InChI=1S/C8H7ClF2N4O/c9-7-13-4(6(12)16)1-5(14-7)15-2-8(10,11)3-15/h1H,2-3H2,(H2,12,16). The van der Waals surface area contributed by atoms with E-state index >= 15 is 0 Å². The van der Waals surface area contributed by atoms with Crippen LogP contribution in [0, 0.1) is 0 Å². The number of carbonyl (C=O) groups is 1. The summed E-state index contributed by atoms with van der Waals surface area (Å²) >= 11 is 5.55. The quantitative estimate of drug-likeness (QED) is 0.782. The van der Waals surface area contributed by atoms with Gasteiger partial charge in [-0.2, -0.15) is 0 Å². The summed E-state index contributed by atoms with van der Waals surface area (Å²) in [7, 11) is 0. The fraction of sp³-hybridized carbons (Fsp3) is 0.375. The van der Waals surface area contributed by atoms with Crippen molar-refractivity contribution in [2.24, 2.45) is 5.73 Å². The molecule has 2 rings (SSSR count). The topological polar surface area (TPSA) is 72.1 Å². The van der Waals surface area contributed by atoms with Gasteiger partial charge in [0.2, 0.25) is 5.28 Å². The van der Waals surface area contributed by atoms with Gasteiger partial charge in [-0.05, 0) is 11.6 Å². The SMILES string of the molecule is NC(=O)c1cc(N2CC(F)(F)C2)nc(Cl)n1. The van der Waals surface area contributed by atoms with Crippen LogP contribution in [0.2, 0.25) is 5.28 Å². The second kappa shape index (κ2) is 3.51. The molecule has 0 aromatic carbocycles. The first-order valence-corrected chi connectivity index (χ1v) is 4.72. The van der Waals surface area contributed by atoms with Crippen molar-refractivity contribution < 1.29 is 13.6 Å². The molecule has 0 radical (unpaired) electrons. The van der Waals surface area contributed by atoms with E-state index < -0.39 is 24.9 Å². The van der Waals surface area contributed by atoms with Gasteiger partial charge in [0.05, 0.1) is 13.1 Å². The summed E-state index contributed by atoms with van der Waals surface area (Å²) in [6, 6.07) is 1.24. The monoisotopic (exact) mass is 248 g/mol. The second-order valence-electron chi connectivity index (χ2n) is 3.46. The number of hydrogen-bond acceptors (Lipinski definition) is 4. The molecule has 0 spiro atoms. The van der Waals surface area contributed by atoms with Gasteiger partial charge in [-0.15, -0.1) is 0 Å². The van der Waals surface area contributed by atoms with Crippen LogP contribution in [0.3, 0.4) is 0 Å². The average molecular weight is 249 g/mol. The van der Waals surface area contributed by atoms with E-state index in [1.165, 1.54) is 11.0 Å². The van der Waals surface area contributed by atoms with Crippen LogP contribution in [-0.4, -0.2) is 34.9 Å². The van der Waals surface area contributed by atoms with Gasteiger partial charge in [0, 0.05) is 6.07 Å². The van der Waals surface area contributed by atoms with Crippen LogP contribution >= 0.6 is 11.6 Å². The van der Waals surface area contributed by atoms with Gasteiger partial charge in [0.1, 0.15) is 11.5 Å². The van der Waals surface area contributed by atoms with E-state index in [0.29, 0.717) is 0 Å². The Morgan fingerprint density at radius 1 is 1.50 bits per heavy atom. The number of halogens is 3. The lowest BCUT2D eigenvalue weighted by molar-refractivity contribution is -0.0267. The highest BCUT2D eigenvalue weighted by molar-refractivity contribution is 6.28. The number of aromatic nitrogens is 2. The summed E-state index contributed by atoms with van der Waals surface area (Å²) in [5, 5.41) is -0.193. The number of hydrogen-bond donors (Lipinski definition) is 1. The van der Waals surface area contributed by atoms with Crippen LogP contribution in [0.15, 0.2) is 6.07 Å². The predicted octanol–water partition coefficient (Wildman–Crippen LogP) is 0.684. The largest absolute Gasteiger partial charge is 0.364 e. The van der Waals surface area contributed by atoms with Crippen molar-refractivity contribution in [2.75, 3.05) is 18.0 Å². The van der Waals surface area contributed by atoms with Crippen LogP contribution in [0.4, 0.5) is 14.6 Å². The van der Waals surface area contributed by atoms with Crippen molar-refractivity contribution in [3.63, 3.8) is 0 Å². The molecule has 1 saturated heterocycles. The summed E-state index contributed by atoms with van der Waals surface area (Å²) in [4.78, 5) is 19.5. The van der Waals surface area contributed by atoms with Gasteiger partial charge in [-0.1, -0.05) is 0 Å². The Balaban J connectivity index is 2.26. The summed E-state index contributed by atoms with van der Waals surface area (Å²) in [5.74, 6) is -3.32. The van der Waals surface area contributed by atoms with Gasteiger partial charge in [0.25, 0.3) is 11.8 Å². The zero-order valence-electron chi connectivity index (χ0n) is 7.95. The fourth-order valence-electron chi connectivity index (χ4n) is 1.37. The number of nitrogens with two attached hydrogens (primary N) is 1. The third-order valence-corrected chi connectivity index (χ3v) is 2.28. The van der Waals surface area contributed by atoms with Gasteiger partial charge < -0.3 is 10.6 Å². The Hall–Kier alpha value is -1.50. The molecule has 0 unspecified atom stereocenters. The zero-order valence-corrected chi connectivity index (χ0v) is 8.71. The molecule has 2 heterocycles. The Morgan fingerprint density at radius 3 is 2.62 bits per heavy atom. The number of primary amides is 1. The predicted molar refractivity (Wildman–Crippen MR) is 52.7 cm³/mol. The lowest BCUT2D eigenvalue weighted by atomic mass is 10.1. The molecule has 0 bridgehead atoms. The smallest absolute Gasteiger partial charge is 0.282 e. The minimum atomic E-state index is -2.72. The van der Waals surface area contributed by atoms with E-state index in [1.807, 2.05) is 0 Å². The molecule has 1 amide bonds. The minimum Gasteiger partial charge on any atom is -0.364 e. The third-order valence-electron chi connectivity index (χ3n) is 2.11. The molecule has 1 aromatic rings. The van der Waals surface area contributed by atoms with E-state index in [9.17, 15) is 13.6 Å². The Labute approximate surface area is 94.2 Å². The number of alkyl halides is 2. The van der Waals surface area contributed by atoms with Crippen molar-refractivity contribution in [1.29, 1.82) is 0 Å². The summed E-state index contributed by atoms with van der Waals surface area (Å²) in [5.41, 5.74) is 4.92. The molecule has 86 valence electrons. The van der Waals surface area contributed by atoms with E-state index in [1.54, 1.807) is 0 Å². The van der Waals surface area contributed by atoms with E-state index in [4.69, 9.17) is 17.3 Å². The molecule has 0 saturated carbocycles. The van der Waals surface area contributed by atoms with Crippen LogP contribution < -0.4 is 10.6 Å². The molecular formula is C8H7ClF2N4O. The lowest BCUT2D eigenvalue weighted by Gasteiger charge is -2.39. The first-order chi connectivity index (χ1) is 7.37. The van der Waals surface area contributed by atoms with Gasteiger partial charge in [-0.25, -0.2) is 18.7 Å². The van der Waals surface area contributed by atoms with E-state index in [0.717, 1.165) is 0 Å². The maximum absolute atomic E-state index is 12.6. The highest BCUT2D eigenvalue weighted by Gasteiger charge is 2.44. The van der Waals surface area contributed by atoms with Gasteiger partial charge >= 0.3 is 0 Å². The Morgan fingerprint density at radius 2 is 2.12 bits per heavy atom. The molecule has 1 aliphatic heterocycles.